The summed E-state index contributed by atoms with van der Waals surface area (Å²) in [6.07, 6.45) is 0. The van der Waals surface area contributed by atoms with Crippen molar-refractivity contribution in [3.63, 3.8) is 0 Å². The molecule has 0 aliphatic rings. The van der Waals surface area contributed by atoms with Gasteiger partial charge in [0.15, 0.2) is 5.13 Å². The molecule has 0 radical (unpaired) electrons. The third-order valence-electron chi connectivity index (χ3n) is 2.94. The van der Waals surface area contributed by atoms with Crippen LogP contribution in [0.3, 0.4) is 0 Å². The van der Waals surface area contributed by atoms with Crippen LogP contribution in [-0.2, 0) is 4.79 Å². The van der Waals surface area contributed by atoms with Crippen LogP contribution in [0.15, 0.2) is 5.38 Å². The van der Waals surface area contributed by atoms with E-state index in [-0.39, 0.29) is 12.5 Å². The fourth-order valence-corrected chi connectivity index (χ4v) is 2.43. The fraction of sp³-hybridized carbons (Fsp3) is 0.615. The summed E-state index contributed by atoms with van der Waals surface area (Å²) in [5.74, 6) is -1.23. The van der Waals surface area contributed by atoms with Crippen molar-refractivity contribution in [3.8, 4) is 0 Å². The number of aliphatic carboxylic acids is 1. The number of aromatic nitrogens is 1. The predicted molar refractivity (Wildman–Crippen MR) is 79.2 cm³/mol. The topological polar surface area (TPSA) is 91.3 Å². The van der Waals surface area contributed by atoms with Gasteiger partial charge in [0.05, 0.1) is 11.6 Å². The number of urea groups is 1. The highest BCUT2D eigenvalue weighted by molar-refractivity contribution is 7.13. The van der Waals surface area contributed by atoms with Gasteiger partial charge in [0, 0.05) is 11.9 Å². The summed E-state index contributed by atoms with van der Waals surface area (Å²) in [4.78, 5) is 27.0. The lowest BCUT2D eigenvalue weighted by Gasteiger charge is -2.16. The molecule has 0 saturated heterocycles. The molecule has 0 aliphatic carbocycles. The third-order valence-corrected chi connectivity index (χ3v) is 3.71. The number of amides is 2. The van der Waals surface area contributed by atoms with Gasteiger partial charge >= 0.3 is 12.0 Å². The molecular weight excluding hydrogens is 278 g/mol. The first-order valence-electron chi connectivity index (χ1n) is 6.54. The smallest absolute Gasteiger partial charge is 0.321 e. The fourth-order valence-electron chi connectivity index (χ4n) is 1.56. The van der Waals surface area contributed by atoms with Crippen molar-refractivity contribution in [2.24, 2.45) is 11.8 Å². The number of nitrogens with one attached hydrogen (secondary N) is 2. The molecular formula is C13H21N3O3S. The molecule has 20 heavy (non-hydrogen) atoms. The van der Waals surface area contributed by atoms with Crippen LogP contribution in [0.1, 0.15) is 39.3 Å². The maximum atomic E-state index is 11.7. The SMILES string of the molecule is CC(C)c1csc(NC(=O)NCC(C(=O)O)C(C)C)n1. The Morgan fingerprint density at radius 1 is 1.35 bits per heavy atom. The maximum Gasteiger partial charge on any atom is 0.321 e. The summed E-state index contributed by atoms with van der Waals surface area (Å²) < 4.78 is 0. The minimum atomic E-state index is -0.906. The van der Waals surface area contributed by atoms with E-state index in [0.717, 1.165) is 5.69 Å². The Bertz CT molecular complexity index is 471. The van der Waals surface area contributed by atoms with E-state index < -0.39 is 17.9 Å². The van der Waals surface area contributed by atoms with E-state index in [1.165, 1.54) is 11.3 Å². The molecule has 2 amide bonds. The highest BCUT2D eigenvalue weighted by Gasteiger charge is 2.22. The van der Waals surface area contributed by atoms with E-state index in [2.05, 4.69) is 15.6 Å². The molecule has 0 bridgehead atoms. The monoisotopic (exact) mass is 299 g/mol. The molecule has 0 aromatic carbocycles. The predicted octanol–water partition coefficient (Wildman–Crippen LogP) is 2.74. The van der Waals surface area contributed by atoms with Crippen LogP contribution in [0.25, 0.3) is 0 Å². The van der Waals surface area contributed by atoms with Crippen LogP contribution in [0, 0.1) is 11.8 Å². The zero-order valence-electron chi connectivity index (χ0n) is 12.1. The van der Waals surface area contributed by atoms with Crippen LogP contribution in [0.5, 0.6) is 0 Å². The molecule has 7 heteroatoms. The largest absolute Gasteiger partial charge is 0.481 e. The second-order valence-corrected chi connectivity index (χ2v) is 6.11. The minimum Gasteiger partial charge on any atom is -0.481 e. The molecule has 112 valence electrons. The van der Waals surface area contributed by atoms with Gasteiger partial charge in [-0.15, -0.1) is 11.3 Å². The van der Waals surface area contributed by atoms with Gasteiger partial charge < -0.3 is 10.4 Å². The summed E-state index contributed by atoms with van der Waals surface area (Å²) in [5.41, 5.74) is 0.927. The Morgan fingerprint density at radius 2 is 2.00 bits per heavy atom. The molecule has 0 spiro atoms. The molecule has 1 unspecified atom stereocenters. The normalized spacial score (nSPS) is 12.5. The number of carbonyl (C=O) groups excluding carboxylic acids is 1. The number of carboxylic acids is 1. The number of anilines is 1. The van der Waals surface area contributed by atoms with Crippen LogP contribution < -0.4 is 10.6 Å². The Morgan fingerprint density at radius 3 is 2.45 bits per heavy atom. The van der Waals surface area contributed by atoms with Gasteiger partial charge in [0.25, 0.3) is 0 Å². The van der Waals surface area contributed by atoms with E-state index in [9.17, 15) is 9.59 Å². The first-order chi connectivity index (χ1) is 9.31. The van der Waals surface area contributed by atoms with Gasteiger partial charge in [-0.1, -0.05) is 27.7 Å². The molecule has 0 fully saturated rings. The molecule has 3 N–H and O–H groups in total. The van der Waals surface area contributed by atoms with Crippen molar-refractivity contribution in [1.29, 1.82) is 0 Å². The van der Waals surface area contributed by atoms with E-state index in [1.54, 1.807) is 0 Å². The second-order valence-electron chi connectivity index (χ2n) is 5.26. The van der Waals surface area contributed by atoms with Crippen molar-refractivity contribution in [1.82, 2.24) is 10.3 Å². The van der Waals surface area contributed by atoms with E-state index in [1.807, 2.05) is 33.1 Å². The summed E-state index contributed by atoms with van der Waals surface area (Å²) in [6, 6.07) is -0.429. The Labute approximate surface area is 122 Å². The molecule has 1 aromatic heterocycles. The van der Waals surface area contributed by atoms with Gasteiger partial charge in [-0.05, 0) is 11.8 Å². The zero-order chi connectivity index (χ0) is 15.3. The summed E-state index contributed by atoms with van der Waals surface area (Å²) in [5, 5.41) is 16.6. The highest BCUT2D eigenvalue weighted by Crippen LogP contribution is 2.21. The first-order valence-corrected chi connectivity index (χ1v) is 7.42. The molecule has 0 saturated carbocycles. The summed E-state index contributed by atoms with van der Waals surface area (Å²) >= 11 is 1.35. The number of carbonyl (C=O) groups is 2. The third kappa shape index (κ3) is 4.80. The van der Waals surface area contributed by atoms with Gasteiger partial charge in [0.2, 0.25) is 0 Å². The number of nitrogens with zero attached hydrogens (tertiary/aromatic N) is 1. The second kappa shape index (κ2) is 7.23. The molecule has 6 nitrogen and oxygen atoms in total. The Kier molecular flexibility index (Phi) is 5.94. The molecule has 1 heterocycles. The highest BCUT2D eigenvalue weighted by atomic mass is 32.1. The lowest BCUT2D eigenvalue weighted by molar-refractivity contribution is -0.142. The minimum absolute atomic E-state index is 0.0415. The zero-order valence-corrected chi connectivity index (χ0v) is 13.0. The number of thiazole rings is 1. The van der Waals surface area contributed by atoms with Crippen molar-refractivity contribution in [2.75, 3.05) is 11.9 Å². The van der Waals surface area contributed by atoms with Crippen molar-refractivity contribution >= 4 is 28.5 Å². The lowest BCUT2D eigenvalue weighted by atomic mass is 9.96. The average molecular weight is 299 g/mol. The van der Waals surface area contributed by atoms with Gasteiger partial charge in [-0.3, -0.25) is 10.1 Å². The van der Waals surface area contributed by atoms with Crippen LogP contribution >= 0.6 is 11.3 Å². The first kappa shape index (κ1) is 16.4. The van der Waals surface area contributed by atoms with Crippen LogP contribution in [0.2, 0.25) is 0 Å². The number of rotatable bonds is 6. The molecule has 1 rings (SSSR count). The van der Waals surface area contributed by atoms with E-state index in [0.29, 0.717) is 11.0 Å². The molecule has 1 atom stereocenters. The van der Waals surface area contributed by atoms with Crippen LogP contribution in [-0.4, -0.2) is 28.6 Å². The van der Waals surface area contributed by atoms with Crippen molar-refractivity contribution < 1.29 is 14.7 Å². The number of carboxylic acid groups (broad SMARTS) is 1. The lowest BCUT2D eigenvalue weighted by Crippen LogP contribution is -2.37. The van der Waals surface area contributed by atoms with Crippen molar-refractivity contribution in [3.05, 3.63) is 11.1 Å². The number of hydrogen-bond acceptors (Lipinski definition) is 4. The standard InChI is InChI=1S/C13H21N3O3S/c1-7(2)9(11(17)18)5-14-12(19)16-13-15-10(6-20-13)8(3)4/h6-9H,5H2,1-4H3,(H,17,18)(H2,14,15,16,19). The average Bonchev–Trinajstić information content (AvgIpc) is 2.76. The number of hydrogen-bond donors (Lipinski definition) is 3. The molecule has 0 aliphatic heterocycles. The summed E-state index contributed by atoms with van der Waals surface area (Å²) in [7, 11) is 0. The van der Waals surface area contributed by atoms with Crippen molar-refractivity contribution in [2.45, 2.75) is 33.6 Å². The van der Waals surface area contributed by atoms with Gasteiger partial charge in [-0.25, -0.2) is 9.78 Å². The van der Waals surface area contributed by atoms with Gasteiger partial charge in [0.1, 0.15) is 0 Å². The van der Waals surface area contributed by atoms with Gasteiger partial charge in [-0.2, -0.15) is 0 Å². The quantitative estimate of drug-likeness (QED) is 0.753. The van der Waals surface area contributed by atoms with E-state index in [4.69, 9.17) is 5.11 Å². The summed E-state index contributed by atoms with van der Waals surface area (Å²) in [6.45, 7) is 7.78. The van der Waals surface area contributed by atoms with E-state index >= 15 is 0 Å². The molecule has 1 aromatic rings. The Balaban J connectivity index is 2.48. The maximum absolute atomic E-state index is 11.7. The Hall–Kier alpha value is -1.63. The van der Waals surface area contributed by atoms with Crippen LogP contribution in [0.4, 0.5) is 9.93 Å².